The van der Waals surface area contributed by atoms with Gasteiger partial charge in [-0.15, -0.1) is 5.10 Å². The van der Waals surface area contributed by atoms with Crippen LogP contribution in [0.15, 0.2) is 42.5 Å². The maximum Gasteiger partial charge on any atom is 0.186 e. The first-order valence-corrected chi connectivity index (χ1v) is 9.65. The number of nitrogens with zero attached hydrogens (tertiary/aromatic N) is 5. The molecule has 0 saturated carbocycles. The van der Waals surface area contributed by atoms with Crippen molar-refractivity contribution in [1.82, 2.24) is 19.8 Å². The van der Waals surface area contributed by atoms with Crippen molar-refractivity contribution in [2.45, 2.75) is 0 Å². The number of aromatic nitrogens is 4. The molecule has 1 aliphatic heterocycles. The van der Waals surface area contributed by atoms with Gasteiger partial charge in [-0.1, -0.05) is 28.9 Å². The van der Waals surface area contributed by atoms with E-state index in [9.17, 15) is 4.39 Å². The number of anilines is 1. The molecular weight excluding hydrogens is 379 g/mol. The Morgan fingerprint density at radius 3 is 2.71 bits per heavy atom. The Balaban J connectivity index is 1.76. The van der Waals surface area contributed by atoms with E-state index in [4.69, 9.17) is 16.6 Å². The summed E-state index contributed by atoms with van der Waals surface area (Å²) in [6.45, 7) is 3.91. The van der Waals surface area contributed by atoms with Crippen LogP contribution in [-0.4, -0.2) is 53.0 Å². The first-order valence-electron chi connectivity index (χ1n) is 9.27. The van der Waals surface area contributed by atoms with Gasteiger partial charge >= 0.3 is 0 Å². The second kappa shape index (κ2) is 6.68. The summed E-state index contributed by atoms with van der Waals surface area (Å²) in [5, 5.41) is 10.2. The van der Waals surface area contributed by atoms with Crippen LogP contribution in [-0.2, 0) is 0 Å². The molecule has 4 aromatic rings. The van der Waals surface area contributed by atoms with E-state index in [1.165, 1.54) is 17.0 Å². The van der Waals surface area contributed by atoms with Crippen LogP contribution in [0.5, 0.6) is 0 Å². The van der Waals surface area contributed by atoms with Gasteiger partial charge in [0.25, 0.3) is 0 Å². The lowest BCUT2D eigenvalue weighted by atomic mass is 10.1. The third kappa shape index (κ3) is 2.87. The van der Waals surface area contributed by atoms with E-state index in [1.807, 2.05) is 24.3 Å². The van der Waals surface area contributed by atoms with Crippen LogP contribution < -0.4 is 9.80 Å². The lowest BCUT2D eigenvalue weighted by Crippen LogP contribution is -3.12. The molecule has 0 bridgehead atoms. The fourth-order valence-electron chi connectivity index (χ4n) is 3.74. The molecule has 2 aromatic heterocycles. The Morgan fingerprint density at radius 2 is 1.93 bits per heavy atom. The van der Waals surface area contributed by atoms with Gasteiger partial charge in [0.05, 0.1) is 38.7 Å². The van der Waals surface area contributed by atoms with Crippen molar-refractivity contribution < 1.29 is 9.29 Å². The molecular formula is C20H19ClFN6+. The van der Waals surface area contributed by atoms with Gasteiger partial charge in [-0.2, -0.15) is 4.52 Å². The van der Waals surface area contributed by atoms with Crippen molar-refractivity contribution in [3.63, 3.8) is 0 Å². The summed E-state index contributed by atoms with van der Waals surface area (Å²) >= 11 is 6.29. The molecule has 0 atom stereocenters. The summed E-state index contributed by atoms with van der Waals surface area (Å²) in [5.41, 5.74) is 2.72. The molecule has 1 N–H and O–H groups in total. The van der Waals surface area contributed by atoms with Crippen LogP contribution in [0.3, 0.4) is 0 Å². The quantitative estimate of drug-likeness (QED) is 0.562. The van der Waals surface area contributed by atoms with Crippen molar-refractivity contribution in [2.24, 2.45) is 0 Å². The van der Waals surface area contributed by atoms with Crippen molar-refractivity contribution in [3.8, 4) is 11.3 Å². The van der Waals surface area contributed by atoms with Gasteiger partial charge in [-0.25, -0.2) is 9.37 Å². The van der Waals surface area contributed by atoms with Gasteiger partial charge < -0.3 is 9.80 Å². The highest BCUT2D eigenvalue weighted by Crippen LogP contribution is 2.31. The zero-order chi connectivity index (χ0) is 19.3. The van der Waals surface area contributed by atoms with Gasteiger partial charge in [0.2, 0.25) is 0 Å². The zero-order valence-corrected chi connectivity index (χ0v) is 16.1. The van der Waals surface area contributed by atoms with Crippen LogP contribution in [0.1, 0.15) is 0 Å². The van der Waals surface area contributed by atoms with Gasteiger partial charge in [0.1, 0.15) is 17.3 Å². The molecule has 142 valence electrons. The summed E-state index contributed by atoms with van der Waals surface area (Å²) < 4.78 is 15.5. The highest BCUT2D eigenvalue weighted by Gasteiger charge is 2.23. The summed E-state index contributed by atoms with van der Waals surface area (Å²) in [6.07, 6.45) is 0. The highest BCUT2D eigenvalue weighted by atomic mass is 35.5. The van der Waals surface area contributed by atoms with E-state index in [0.717, 1.165) is 42.9 Å². The number of fused-ring (bicyclic) bond motifs is 3. The summed E-state index contributed by atoms with van der Waals surface area (Å²) in [4.78, 5) is 8.72. The third-order valence-corrected chi connectivity index (χ3v) is 5.54. The number of halogens is 2. The van der Waals surface area contributed by atoms with Gasteiger partial charge in [0, 0.05) is 16.0 Å². The molecule has 0 radical (unpaired) electrons. The fourth-order valence-corrected chi connectivity index (χ4v) is 3.91. The van der Waals surface area contributed by atoms with E-state index in [2.05, 4.69) is 22.3 Å². The van der Waals surface area contributed by atoms with Crippen LogP contribution >= 0.6 is 11.6 Å². The van der Waals surface area contributed by atoms with E-state index in [1.54, 1.807) is 10.6 Å². The smallest absolute Gasteiger partial charge is 0.186 e. The van der Waals surface area contributed by atoms with Crippen LogP contribution in [0.2, 0.25) is 5.02 Å². The number of likely N-dealkylation sites (N-methyl/N-ethyl adjacent to an activating group) is 1. The van der Waals surface area contributed by atoms with Gasteiger partial charge in [-0.3, -0.25) is 0 Å². The van der Waals surface area contributed by atoms with Crippen molar-refractivity contribution >= 4 is 34.0 Å². The number of benzene rings is 2. The van der Waals surface area contributed by atoms with E-state index in [-0.39, 0.29) is 5.82 Å². The second-order valence-electron chi connectivity index (χ2n) is 7.22. The minimum atomic E-state index is -0.312. The molecule has 0 spiro atoms. The molecule has 0 unspecified atom stereocenters. The third-order valence-electron chi connectivity index (χ3n) is 5.30. The van der Waals surface area contributed by atoms with Crippen LogP contribution in [0.4, 0.5) is 10.2 Å². The zero-order valence-electron chi connectivity index (χ0n) is 15.4. The number of rotatable bonds is 2. The van der Waals surface area contributed by atoms with E-state index < -0.39 is 0 Å². The maximum absolute atomic E-state index is 13.8. The molecule has 1 aliphatic rings. The van der Waals surface area contributed by atoms with E-state index >= 15 is 0 Å². The molecule has 28 heavy (non-hydrogen) atoms. The van der Waals surface area contributed by atoms with Crippen molar-refractivity contribution in [1.29, 1.82) is 0 Å². The normalized spacial score (nSPS) is 15.6. The molecule has 8 heteroatoms. The van der Waals surface area contributed by atoms with Crippen molar-refractivity contribution in [2.75, 3.05) is 38.1 Å². The Bertz CT molecular complexity index is 1180. The summed E-state index contributed by atoms with van der Waals surface area (Å²) in [7, 11) is 2.20. The van der Waals surface area contributed by atoms with Crippen LogP contribution in [0, 0.1) is 5.82 Å². The fraction of sp³-hybridized carbons (Fsp3) is 0.250. The first kappa shape index (κ1) is 17.3. The Morgan fingerprint density at radius 1 is 1.11 bits per heavy atom. The number of hydrogen-bond donors (Lipinski definition) is 1. The molecule has 0 aliphatic carbocycles. The number of hydrogen-bond acceptors (Lipinski definition) is 4. The molecule has 5 rings (SSSR count). The lowest BCUT2D eigenvalue weighted by molar-refractivity contribution is -0.880. The summed E-state index contributed by atoms with van der Waals surface area (Å²) in [6, 6.07) is 12.1. The largest absolute Gasteiger partial charge is 0.345 e. The van der Waals surface area contributed by atoms with Crippen LogP contribution in [0.25, 0.3) is 27.8 Å². The number of nitrogens with one attached hydrogen (secondary N) is 1. The average molecular weight is 398 g/mol. The number of quaternary nitrogens is 1. The minimum absolute atomic E-state index is 0.312. The Labute approximate surface area is 166 Å². The Hall–Kier alpha value is -2.77. The molecule has 1 saturated heterocycles. The molecule has 6 nitrogen and oxygen atoms in total. The maximum atomic E-state index is 13.8. The van der Waals surface area contributed by atoms with Gasteiger partial charge in [0.15, 0.2) is 5.65 Å². The SMILES string of the molecule is C[NH+]1CCN(c2nc3c(-c4cccc(F)c4)nnn3c3ccc(Cl)cc23)CC1. The highest BCUT2D eigenvalue weighted by molar-refractivity contribution is 6.31. The summed E-state index contributed by atoms with van der Waals surface area (Å²) in [5.74, 6) is 0.561. The molecule has 0 amide bonds. The Kier molecular flexibility index (Phi) is 4.14. The standard InChI is InChI=1S/C20H18ClFN6/c1-26-7-9-27(10-8-26)19-16-12-14(21)5-6-17(16)28-20(23-19)18(24-25-28)13-3-2-4-15(22)11-13/h2-6,11-12H,7-10H2,1H3/p+1. The predicted molar refractivity (Wildman–Crippen MR) is 108 cm³/mol. The van der Waals surface area contributed by atoms with Crippen molar-refractivity contribution in [3.05, 3.63) is 53.3 Å². The average Bonchev–Trinajstić information content (AvgIpc) is 3.12. The minimum Gasteiger partial charge on any atom is -0.345 e. The predicted octanol–water partition coefficient (Wildman–Crippen LogP) is 2.07. The molecule has 1 fully saturated rings. The van der Waals surface area contributed by atoms with Gasteiger partial charge in [-0.05, 0) is 30.3 Å². The van der Waals surface area contributed by atoms with E-state index in [0.29, 0.717) is 21.9 Å². The lowest BCUT2D eigenvalue weighted by Gasteiger charge is -2.31. The molecule has 2 aromatic carbocycles. The first-order chi connectivity index (χ1) is 13.6. The topological polar surface area (TPSA) is 50.8 Å². The monoisotopic (exact) mass is 397 g/mol. The number of piperazine rings is 1. The second-order valence-corrected chi connectivity index (χ2v) is 7.66. The molecule has 3 heterocycles.